The van der Waals surface area contributed by atoms with Gasteiger partial charge in [-0.05, 0) is 70.5 Å². The van der Waals surface area contributed by atoms with Gasteiger partial charge < -0.3 is 30.6 Å². The molecule has 1 aliphatic carbocycles. The molecule has 0 unspecified atom stereocenters. The lowest BCUT2D eigenvalue weighted by Gasteiger charge is -2.25. The van der Waals surface area contributed by atoms with E-state index in [1.165, 1.54) is 11.3 Å². The van der Waals surface area contributed by atoms with Crippen molar-refractivity contribution in [2.24, 2.45) is 5.73 Å². The maximum Gasteiger partial charge on any atom is 0.220 e. The number of carbonyl (C=O) groups excluding carboxylic acids is 1. The molecule has 4 N–H and O–H groups in total. The Morgan fingerprint density at radius 2 is 2.00 bits per heavy atom. The largest absolute Gasteiger partial charge is 0.476 e. The van der Waals surface area contributed by atoms with Crippen LogP contribution in [0, 0.1) is 11.3 Å². The Kier molecular flexibility index (Phi) is 12.8. The topological polar surface area (TPSA) is 150 Å². The number of ketones is 1. The summed E-state index contributed by atoms with van der Waals surface area (Å²) in [6.07, 6.45) is 7.67. The molecular formula is C34H50N6O4S. The fraction of sp³-hybridized carbons (Fsp3) is 0.647. The Balaban J connectivity index is 0.00000226. The summed E-state index contributed by atoms with van der Waals surface area (Å²) >= 11 is 1.42. The van der Waals surface area contributed by atoms with Crippen LogP contribution >= 0.6 is 11.3 Å². The van der Waals surface area contributed by atoms with Crippen LogP contribution in [0.1, 0.15) is 117 Å². The van der Waals surface area contributed by atoms with Crippen molar-refractivity contribution in [3.63, 3.8) is 0 Å². The maximum absolute atomic E-state index is 14.3. The lowest BCUT2D eigenvalue weighted by atomic mass is 9.79. The summed E-state index contributed by atoms with van der Waals surface area (Å²) in [6.45, 7) is 8.72. The van der Waals surface area contributed by atoms with Crippen LogP contribution in [0.2, 0.25) is 0 Å². The van der Waals surface area contributed by atoms with Crippen molar-refractivity contribution in [1.29, 1.82) is 5.26 Å². The second-order valence-corrected chi connectivity index (χ2v) is 12.9. The first-order chi connectivity index (χ1) is 21.9. The van der Waals surface area contributed by atoms with E-state index in [-0.39, 0.29) is 17.6 Å². The molecule has 0 spiro atoms. The number of allylic oxidation sites excluding steroid dienone is 1. The molecule has 0 saturated carbocycles. The number of nitrogens with two attached hydrogens (primary N) is 2. The minimum absolute atomic E-state index is 0.0737. The molecule has 3 aliphatic rings. The Hall–Kier alpha value is -3.04. The van der Waals surface area contributed by atoms with Gasteiger partial charge in [-0.25, -0.2) is 4.98 Å². The van der Waals surface area contributed by atoms with Crippen LogP contribution in [0.25, 0.3) is 5.70 Å². The van der Waals surface area contributed by atoms with E-state index in [1.54, 1.807) is 7.11 Å². The van der Waals surface area contributed by atoms with Gasteiger partial charge in [0.15, 0.2) is 11.6 Å². The summed E-state index contributed by atoms with van der Waals surface area (Å²) < 4.78 is 18.1. The smallest absolute Gasteiger partial charge is 0.220 e. The summed E-state index contributed by atoms with van der Waals surface area (Å²) in [5, 5.41) is 10.3. The van der Waals surface area contributed by atoms with Crippen molar-refractivity contribution in [3.05, 3.63) is 38.7 Å². The average molecular weight is 639 g/mol. The normalized spacial score (nSPS) is 21.8. The van der Waals surface area contributed by atoms with E-state index in [0.29, 0.717) is 73.0 Å². The van der Waals surface area contributed by atoms with Crippen LogP contribution < -0.4 is 16.2 Å². The summed E-state index contributed by atoms with van der Waals surface area (Å²) in [5.74, 6) is 0.283. The number of carbonyl (C=O) groups is 1. The van der Waals surface area contributed by atoms with E-state index in [2.05, 4.69) is 18.0 Å². The molecular weight excluding hydrogens is 588 g/mol. The maximum atomic E-state index is 14.3. The van der Waals surface area contributed by atoms with E-state index in [1.807, 2.05) is 20.8 Å². The SMILES string of the molecule is CC.CCC/C(C(=O)[C@H]1CCCc2sc(N)c(C#N)c21)=C(/N)c1nc(OC[C@@H]2CCCN2C)c2c(n1)[C@@H](CCOC)OCCC2. The van der Waals surface area contributed by atoms with Gasteiger partial charge in [0.25, 0.3) is 0 Å². The van der Waals surface area contributed by atoms with Crippen molar-refractivity contribution in [3.8, 4) is 11.9 Å². The van der Waals surface area contributed by atoms with Crippen LogP contribution in [0.5, 0.6) is 5.88 Å². The number of methoxy groups -OCH3 is 1. The Labute approximate surface area is 272 Å². The predicted octanol–water partition coefficient (Wildman–Crippen LogP) is 5.69. The van der Waals surface area contributed by atoms with Gasteiger partial charge in [-0.2, -0.15) is 10.2 Å². The first kappa shape index (κ1) is 34.8. The van der Waals surface area contributed by atoms with E-state index in [4.69, 9.17) is 35.6 Å². The fourth-order valence-electron chi connectivity index (χ4n) is 6.62. The molecule has 0 amide bonds. The van der Waals surface area contributed by atoms with E-state index >= 15 is 0 Å². The third-order valence-electron chi connectivity index (χ3n) is 8.95. The number of nitrogen functional groups attached to an aromatic ring is 1. The van der Waals surface area contributed by atoms with E-state index in [0.717, 1.165) is 73.2 Å². The number of nitrogens with zero attached hydrogens (tertiary/aromatic N) is 4. The number of hydrogen-bond donors (Lipinski definition) is 2. The highest BCUT2D eigenvalue weighted by molar-refractivity contribution is 7.16. The van der Waals surface area contributed by atoms with Crippen LogP contribution in [0.15, 0.2) is 5.57 Å². The number of fused-ring (bicyclic) bond motifs is 2. The van der Waals surface area contributed by atoms with Gasteiger partial charge in [0.1, 0.15) is 23.8 Å². The summed E-state index contributed by atoms with van der Waals surface area (Å²) in [5.41, 5.74) is 16.8. The zero-order valence-electron chi connectivity index (χ0n) is 27.6. The number of anilines is 1. The summed E-state index contributed by atoms with van der Waals surface area (Å²) in [4.78, 5) is 27.5. The van der Waals surface area contributed by atoms with Crippen LogP contribution in [0.3, 0.4) is 0 Å². The third kappa shape index (κ3) is 7.68. The summed E-state index contributed by atoms with van der Waals surface area (Å²) in [6, 6.07) is 2.56. The highest BCUT2D eigenvalue weighted by atomic mass is 32.1. The molecule has 5 rings (SSSR count). The molecule has 2 aromatic heterocycles. The van der Waals surface area contributed by atoms with Gasteiger partial charge in [0.2, 0.25) is 5.88 Å². The monoisotopic (exact) mass is 638 g/mol. The Morgan fingerprint density at radius 3 is 2.69 bits per heavy atom. The predicted molar refractivity (Wildman–Crippen MR) is 178 cm³/mol. The molecule has 0 aromatic carbocycles. The molecule has 4 heterocycles. The Bertz CT molecular complexity index is 1400. The number of thiophene rings is 1. The van der Waals surface area contributed by atoms with Crippen LogP contribution in [0.4, 0.5) is 5.00 Å². The number of ether oxygens (including phenoxy) is 3. The number of rotatable bonds is 11. The second kappa shape index (κ2) is 16.5. The number of aryl methyl sites for hydroxylation is 1. The fourth-order valence-corrected chi connectivity index (χ4v) is 7.75. The van der Waals surface area contributed by atoms with Crippen LogP contribution in [-0.4, -0.2) is 67.2 Å². The standard InChI is InChI=1S/C32H44N6O4S.C2H6/c1-4-8-21(29(39)20-10-5-12-25-26(20)23(17-33)30(35)43-25)27(34)31-36-28-22(11-7-15-41-24(28)13-16-40-3)32(37-31)42-18-19-9-6-14-38(19)2;1-2/h19-20,24H,4-16,18,34-35H2,1-3H3;1-2H3/b27-21-;/t19-,20-,24+;/m0./s1. The van der Waals surface area contributed by atoms with Crippen molar-refractivity contribution in [2.45, 2.75) is 103 Å². The van der Waals surface area contributed by atoms with Gasteiger partial charge in [0.05, 0.1) is 17.0 Å². The van der Waals surface area contributed by atoms with Crippen molar-refractivity contribution >= 4 is 27.8 Å². The zero-order valence-corrected chi connectivity index (χ0v) is 28.4. The quantitative estimate of drug-likeness (QED) is 0.294. The number of aromatic nitrogens is 2. The molecule has 3 atom stereocenters. The number of likely N-dealkylation sites (N-methyl/N-ethyl adjacent to an activating group) is 1. The molecule has 45 heavy (non-hydrogen) atoms. The molecule has 11 heteroatoms. The number of hydrogen-bond acceptors (Lipinski definition) is 11. The van der Waals surface area contributed by atoms with Crippen molar-refractivity contribution in [1.82, 2.24) is 14.9 Å². The lowest BCUT2D eigenvalue weighted by Crippen LogP contribution is -2.31. The highest BCUT2D eigenvalue weighted by Gasteiger charge is 2.35. The molecule has 2 aromatic rings. The Morgan fingerprint density at radius 1 is 1.20 bits per heavy atom. The van der Waals surface area contributed by atoms with Gasteiger partial charge in [-0.3, -0.25) is 4.79 Å². The first-order valence-corrected chi connectivity index (χ1v) is 17.4. The van der Waals surface area contributed by atoms with Crippen LogP contribution in [-0.2, 0) is 27.1 Å². The van der Waals surface area contributed by atoms with Gasteiger partial charge >= 0.3 is 0 Å². The van der Waals surface area contributed by atoms with E-state index < -0.39 is 5.92 Å². The van der Waals surface area contributed by atoms with Gasteiger partial charge in [-0.15, -0.1) is 11.3 Å². The molecule has 0 radical (unpaired) electrons. The lowest BCUT2D eigenvalue weighted by molar-refractivity contribution is -0.117. The molecule has 0 bridgehead atoms. The number of Topliss-reactive ketones (excluding diaryl/α,β-unsaturated/α-hetero) is 1. The molecule has 1 saturated heterocycles. The summed E-state index contributed by atoms with van der Waals surface area (Å²) in [7, 11) is 3.80. The molecule has 10 nitrogen and oxygen atoms in total. The minimum atomic E-state index is -0.459. The van der Waals surface area contributed by atoms with E-state index in [9.17, 15) is 10.1 Å². The minimum Gasteiger partial charge on any atom is -0.476 e. The molecule has 2 aliphatic heterocycles. The van der Waals surface area contributed by atoms with Crippen molar-refractivity contribution in [2.75, 3.05) is 46.3 Å². The first-order valence-electron chi connectivity index (χ1n) is 16.6. The highest BCUT2D eigenvalue weighted by Crippen LogP contribution is 2.44. The second-order valence-electron chi connectivity index (χ2n) is 11.8. The molecule has 1 fully saturated rings. The molecule has 246 valence electrons. The zero-order chi connectivity index (χ0) is 32.5. The van der Waals surface area contributed by atoms with Crippen molar-refractivity contribution < 1.29 is 19.0 Å². The van der Waals surface area contributed by atoms with Gasteiger partial charge in [0, 0.05) is 54.7 Å². The average Bonchev–Trinajstić information content (AvgIpc) is 3.55. The number of nitriles is 1. The van der Waals surface area contributed by atoms with Gasteiger partial charge in [-0.1, -0.05) is 27.2 Å². The number of likely N-dealkylation sites (tertiary alicyclic amines) is 1. The third-order valence-corrected chi connectivity index (χ3v) is 10.0.